The van der Waals surface area contributed by atoms with Crippen LogP contribution in [0.3, 0.4) is 0 Å². The molecule has 0 saturated carbocycles. The van der Waals surface area contributed by atoms with Gasteiger partial charge in [-0.25, -0.2) is 0 Å². The van der Waals surface area contributed by atoms with E-state index >= 15 is 0 Å². The van der Waals surface area contributed by atoms with Gasteiger partial charge in [0.05, 0.1) is 0 Å². The van der Waals surface area contributed by atoms with Gasteiger partial charge in [0.25, 0.3) is 0 Å². The third-order valence-electron chi connectivity index (χ3n) is 3.20. The Morgan fingerprint density at radius 2 is 2.09 bits per heavy atom. The molecule has 0 aromatic heterocycles. The van der Waals surface area contributed by atoms with Crippen LogP contribution in [0.5, 0.6) is 5.75 Å². The van der Waals surface area contributed by atoms with Gasteiger partial charge in [-0.05, 0) is 30.9 Å². The summed E-state index contributed by atoms with van der Waals surface area (Å²) in [6.07, 6.45) is -2.85. The van der Waals surface area contributed by atoms with Gasteiger partial charge in [0.2, 0.25) is 0 Å². The fourth-order valence-corrected chi connectivity index (χ4v) is 2.11. The molecule has 1 heterocycles. The number of hydrogen-bond donors (Lipinski definition) is 2. The molecule has 0 spiro atoms. The first-order valence-electron chi connectivity index (χ1n) is 6.93. The van der Waals surface area contributed by atoms with Gasteiger partial charge in [0, 0.05) is 31.5 Å². The highest BCUT2D eigenvalue weighted by Gasteiger charge is 2.31. The van der Waals surface area contributed by atoms with Gasteiger partial charge in [-0.3, -0.25) is 4.99 Å². The van der Waals surface area contributed by atoms with Crippen LogP contribution >= 0.6 is 0 Å². The minimum absolute atomic E-state index is 0.163. The number of rotatable bonds is 4. The summed E-state index contributed by atoms with van der Waals surface area (Å²) in [7, 11) is 0. The molecule has 1 aromatic carbocycles. The summed E-state index contributed by atoms with van der Waals surface area (Å²) in [5, 5.41) is 2.76. The van der Waals surface area contributed by atoms with Crippen LogP contribution in [0.2, 0.25) is 0 Å². The molecule has 0 unspecified atom stereocenters. The highest BCUT2D eigenvalue weighted by atomic mass is 19.4. The summed E-state index contributed by atoms with van der Waals surface area (Å²) < 4.78 is 45.6. The van der Waals surface area contributed by atoms with Crippen LogP contribution in [0.4, 0.5) is 18.9 Å². The number of guanidine groups is 1. The van der Waals surface area contributed by atoms with E-state index in [2.05, 4.69) is 15.0 Å². The van der Waals surface area contributed by atoms with Crippen molar-refractivity contribution in [1.29, 1.82) is 0 Å². The van der Waals surface area contributed by atoms with Crippen molar-refractivity contribution in [2.75, 3.05) is 25.1 Å². The van der Waals surface area contributed by atoms with Crippen LogP contribution in [-0.4, -0.2) is 32.1 Å². The maximum atomic E-state index is 12.2. The molecule has 8 heteroatoms. The Labute approximate surface area is 126 Å². The molecule has 0 bridgehead atoms. The smallest absolute Gasteiger partial charge is 0.406 e. The Hall–Kier alpha value is -1.96. The zero-order chi connectivity index (χ0) is 16.0. The molecule has 0 amide bonds. The lowest BCUT2D eigenvalue weighted by Gasteiger charge is -2.20. The summed E-state index contributed by atoms with van der Waals surface area (Å²) in [4.78, 5) is 4.21. The summed E-state index contributed by atoms with van der Waals surface area (Å²) in [5.74, 6) is 0.277. The maximum Gasteiger partial charge on any atom is 0.573 e. The van der Waals surface area contributed by atoms with Crippen molar-refractivity contribution in [2.45, 2.75) is 19.2 Å². The molecule has 1 fully saturated rings. The number of nitrogens with one attached hydrogen (secondary N) is 1. The van der Waals surface area contributed by atoms with Gasteiger partial charge in [-0.2, -0.15) is 0 Å². The van der Waals surface area contributed by atoms with Crippen LogP contribution in [-0.2, 0) is 4.74 Å². The Morgan fingerprint density at radius 1 is 1.36 bits per heavy atom. The molecule has 0 aliphatic carbocycles. The lowest BCUT2D eigenvalue weighted by molar-refractivity contribution is -0.274. The molecular formula is C14H18F3N3O2. The fraction of sp³-hybridized carbons (Fsp3) is 0.500. The number of nitrogens with two attached hydrogens (primary N) is 1. The van der Waals surface area contributed by atoms with Crippen molar-refractivity contribution < 1.29 is 22.6 Å². The van der Waals surface area contributed by atoms with Gasteiger partial charge in [-0.15, -0.1) is 13.2 Å². The standard InChI is InChI=1S/C14H18F3N3O2/c15-14(16,17)22-12-3-1-2-11(8-12)20-13(18)19-9-10-4-6-21-7-5-10/h1-3,8,10H,4-7,9H2,(H3,18,19,20). The predicted octanol–water partition coefficient (Wildman–Crippen LogP) is 2.74. The van der Waals surface area contributed by atoms with Crippen LogP contribution in [0.15, 0.2) is 29.3 Å². The summed E-state index contributed by atoms with van der Waals surface area (Å²) >= 11 is 0. The molecule has 0 radical (unpaired) electrons. The average molecular weight is 317 g/mol. The largest absolute Gasteiger partial charge is 0.573 e. The van der Waals surface area contributed by atoms with Crippen LogP contribution < -0.4 is 15.8 Å². The quantitative estimate of drug-likeness (QED) is 0.662. The molecule has 3 N–H and O–H groups in total. The monoisotopic (exact) mass is 317 g/mol. The highest BCUT2D eigenvalue weighted by Crippen LogP contribution is 2.25. The van der Waals surface area contributed by atoms with E-state index < -0.39 is 6.36 Å². The normalized spacial score (nSPS) is 17.3. The molecule has 1 aliphatic rings. The zero-order valence-electron chi connectivity index (χ0n) is 11.9. The van der Waals surface area contributed by atoms with E-state index in [1.54, 1.807) is 6.07 Å². The Morgan fingerprint density at radius 3 is 2.77 bits per heavy atom. The first-order chi connectivity index (χ1) is 10.4. The van der Waals surface area contributed by atoms with Crippen molar-refractivity contribution in [2.24, 2.45) is 16.6 Å². The Balaban J connectivity index is 1.90. The van der Waals surface area contributed by atoms with Crippen molar-refractivity contribution in [3.63, 3.8) is 0 Å². The zero-order valence-corrected chi connectivity index (χ0v) is 11.9. The maximum absolute atomic E-state index is 12.2. The minimum Gasteiger partial charge on any atom is -0.406 e. The van der Waals surface area contributed by atoms with Gasteiger partial charge in [0.1, 0.15) is 5.75 Å². The highest BCUT2D eigenvalue weighted by molar-refractivity contribution is 5.92. The third kappa shape index (κ3) is 5.80. The van der Waals surface area contributed by atoms with E-state index in [4.69, 9.17) is 10.5 Å². The Kier molecular flexibility index (Phi) is 5.48. The fourth-order valence-electron chi connectivity index (χ4n) is 2.11. The minimum atomic E-state index is -4.72. The summed E-state index contributed by atoms with van der Waals surface area (Å²) in [6.45, 7) is 2.02. The molecule has 1 saturated heterocycles. The van der Waals surface area contributed by atoms with Crippen LogP contribution in [0.1, 0.15) is 12.8 Å². The number of halogens is 3. The molecule has 22 heavy (non-hydrogen) atoms. The van der Waals surface area contributed by atoms with E-state index in [0.717, 1.165) is 26.1 Å². The van der Waals surface area contributed by atoms with Crippen molar-refractivity contribution >= 4 is 11.6 Å². The van der Waals surface area contributed by atoms with E-state index in [-0.39, 0.29) is 11.7 Å². The number of hydrogen-bond acceptors (Lipinski definition) is 3. The SMILES string of the molecule is NC(=NCC1CCOCC1)Nc1cccc(OC(F)(F)F)c1. The van der Waals surface area contributed by atoms with Gasteiger partial charge in [0.15, 0.2) is 5.96 Å². The number of ether oxygens (including phenoxy) is 2. The third-order valence-corrected chi connectivity index (χ3v) is 3.20. The average Bonchev–Trinajstić information content (AvgIpc) is 2.45. The second-order valence-corrected chi connectivity index (χ2v) is 4.98. The molecule has 1 aliphatic heterocycles. The number of anilines is 1. The van der Waals surface area contributed by atoms with Crippen LogP contribution in [0, 0.1) is 5.92 Å². The molecule has 0 atom stereocenters. The first-order valence-corrected chi connectivity index (χ1v) is 6.93. The van der Waals surface area contributed by atoms with Crippen molar-refractivity contribution in [3.8, 4) is 5.75 Å². The topological polar surface area (TPSA) is 68.9 Å². The second kappa shape index (κ2) is 7.35. The van der Waals surface area contributed by atoms with E-state index in [0.29, 0.717) is 18.2 Å². The van der Waals surface area contributed by atoms with E-state index in [1.807, 2.05) is 0 Å². The number of aliphatic imine (C=N–C) groups is 1. The lowest BCUT2D eigenvalue weighted by atomic mass is 10.0. The Bertz CT molecular complexity index is 514. The van der Waals surface area contributed by atoms with Gasteiger partial charge >= 0.3 is 6.36 Å². The van der Waals surface area contributed by atoms with E-state index in [9.17, 15) is 13.2 Å². The molecule has 1 aromatic rings. The summed E-state index contributed by atoms with van der Waals surface area (Å²) in [6, 6.07) is 5.45. The first kappa shape index (κ1) is 16.4. The predicted molar refractivity (Wildman–Crippen MR) is 76.8 cm³/mol. The van der Waals surface area contributed by atoms with E-state index in [1.165, 1.54) is 18.2 Å². The number of alkyl halides is 3. The molecular weight excluding hydrogens is 299 g/mol. The second-order valence-electron chi connectivity index (χ2n) is 4.98. The lowest BCUT2D eigenvalue weighted by Crippen LogP contribution is -2.25. The molecule has 2 rings (SSSR count). The molecule has 122 valence electrons. The van der Waals surface area contributed by atoms with Crippen molar-refractivity contribution in [3.05, 3.63) is 24.3 Å². The summed E-state index contributed by atoms with van der Waals surface area (Å²) in [5.41, 5.74) is 6.13. The van der Waals surface area contributed by atoms with Gasteiger partial charge < -0.3 is 20.5 Å². The number of benzene rings is 1. The van der Waals surface area contributed by atoms with Crippen molar-refractivity contribution in [1.82, 2.24) is 0 Å². The van der Waals surface area contributed by atoms with Crippen LogP contribution in [0.25, 0.3) is 0 Å². The van der Waals surface area contributed by atoms with Gasteiger partial charge in [-0.1, -0.05) is 6.07 Å². The molecule has 5 nitrogen and oxygen atoms in total. The number of nitrogens with zero attached hydrogens (tertiary/aromatic N) is 1.